The van der Waals surface area contributed by atoms with Gasteiger partial charge in [-0.05, 0) is 68.1 Å². The van der Waals surface area contributed by atoms with E-state index in [1.165, 1.54) is 38.6 Å². The molecule has 2 bridgehead atoms. The van der Waals surface area contributed by atoms with Gasteiger partial charge in [-0.1, -0.05) is 26.7 Å². The number of hydrogen-bond donors (Lipinski definition) is 1. The third kappa shape index (κ3) is 2.92. The van der Waals surface area contributed by atoms with E-state index < -0.39 is 0 Å². The minimum absolute atomic E-state index is 0.576. The Kier molecular flexibility index (Phi) is 3.71. The highest BCUT2D eigenvalue weighted by Crippen LogP contribution is 2.52. The molecule has 0 spiro atoms. The van der Waals surface area contributed by atoms with Crippen molar-refractivity contribution in [3.05, 3.63) is 0 Å². The van der Waals surface area contributed by atoms with Gasteiger partial charge in [-0.15, -0.1) is 0 Å². The zero-order chi connectivity index (χ0) is 12.6. The highest BCUT2D eigenvalue weighted by atomic mass is 15.0. The number of fused-ring (bicyclic) bond motifs is 2. The van der Waals surface area contributed by atoms with Gasteiger partial charge in [-0.2, -0.15) is 0 Å². The Balaban J connectivity index is 1.54. The summed E-state index contributed by atoms with van der Waals surface area (Å²) in [6.07, 6.45) is 13.4. The second kappa shape index (κ2) is 5.15. The summed E-state index contributed by atoms with van der Waals surface area (Å²) in [6, 6.07) is 0.876. The van der Waals surface area contributed by atoms with Gasteiger partial charge in [0.2, 0.25) is 0 Å². The Bertz CT molecular complexity index is 283. The summed E-state index contributed by atoms with van der Waals surface area (Å²) in [4.78, 5) is 0. The maximum Gasteiger partial charge on any atom is 0.00684 e. The Labute approximate surface area is 113 Å². The fraction of sp³-hybridized carbons (Fsp3) is 1.00. The van der Waals surface area contributed by atoms with Crippen LogP contribution in [0.1, 0.15) is 71.6 Å². The van der Waals surface area contributed by atoms with Crippen LogP contribution in [0.4, 0.5) is 0 Å². The van der Waals surface area contributed by atoms with Crippen LogP contribution in [0.25, 0.3) is 0 Å². The average molecular weight is 249 g/mol. The Morgan fingerprint density at radius 2 is 1.94 bits per heavy atom. The molecule has 0 aromatic rings. The van der Waals surface area contributed by atoms with Gasteiger partial charge in [0, 0.05) is 12.6 Å². The van der Waals surface area contributed by atoms with E-state index in [0.717, 1.165) is 23.8 Å². The van der Waals surface area contributed by atoms with E-state index >= 15 is 0 Å². The molecule has 0 aliphatic heterocycles. The molecule has 4 unspecified atom stereocenters. The van der Waals surface area contributed by atoms with Gasteiger partial charge in [0.1, 0.15) is 0 Å². The summed E-state index contributed by atoms with van der Waals surface area (Å²) in [7, 11) is 0. The fourth-order valence-corrected chi connectivity index (χ4v) is 4.80. The Hall–Kier alpha value is -0.0400. The fourth-order valence-electron chi connectivity index (χ4n) is 4.80. The van der Waals surface area contributed by atoms with Gasteiger partial charge in [0.15, 0.2) is 0 Å². The SMILES string of the molecule is CCCC(C)(CNC1CC1)CC1CC2CCC1C2. The summed E-state index contributed by atoms with van der Waals surface area (Å²) >= 11 is 0. The van der Waals surface area contributed by atoms with E-state index in [4.69, 9.17) is 0 Å². The molecule has 0 radical (unpaired) electrons. The van der Waals surface area contributed by atoms with E-state index in [2.05, 4.69) is 19.2 Å². The lowest BCUT2D eigenvalue weighted by Crippen LogP contribution is -2.35. The van der Waals surface area contributed by atoms with Crippen LogP contribution in [-0.2, 0) is 0 Å². The minimum atomic E-state index is 0.576. The van der Waals surface area contributed by atoms with Crippen LogP contribution in [-0.4, -0.2) is 12.6 Å². The third-order valence-corrected chi connectivity index (χ3v) is 5.89. The van der Waals surface area contributed by atoms with Crippen molar-refractivity contribution in [2.45, 2.75) is 77.7 Å². The first-order valence-electron chi connectivity index (χ1n) is 8.42. The second-order valence-electron chi connectivity index (χ2n) is 7.85. The number of hydrogen-bond acceptors (Lipinski definition) is 1. The molecule has 3 fully saturated rings. The highest BCUT2D eigenvalue weighted by Gasteiger charge is 2.42. The van der Waals surface area contributed by atoms with Crippen LogP contribution in [0.15, 0.2) is 0 Å². The lowest BCUT2D eigenvalue weighted by Gasteiger charge is -2.35. The van der Waals surface area contributed by atoms with Gasteiger partial charge in [-0.3, -0.25) is 0 Å². The summed E-state index contributed by atoms with van der Waals surface area (Å²) in [5.74, 6) is 3.29. The van der Waals surface area contributed by atoms with Crippen molar-refractivity contribution >= 4 is 0 Å². The summed E-state index contributed by atoms with van der Waals surface area (Å²) < 4.78 is 0. The molecule has 104 valence electrons. The third-order valence-electron chi connectivity index (χ3n) is 5.89. The van der Waals surface area contributed by atoms with E-state index in [9.17, 15) is 0 Å². The lowest BCUT2D eigenvalue weighted by atomic mass is 9.72. The topological polar surface area (TPSA) is 12.0 Å². The smallest absolute Gasteiger partial charge is 0.00684 e. The van der Waals surface area contributed by atoms with Crippen molar-refractivity contribution in [3.63, 3.8) is 0 Å². The van der Waals surface area contributed by atoms with Crippen LogP contribution >= 0.6 is 0 Å². The molecule has 1 heteroatoms. The van der Waals surface area contributed by atoms with Crippen LogP contribution in [0.5, 0.6) is 0 Å². The van der Waals surface area contributed by atoms with Crippen molar-refractivity contribution in [1.29, 1.82) is 0 Å². The van der Waals surface area contributed by atoms with E-state index in [-0.39, 0.29) is 0 Å². The van der Waals surface area contributed by atoms with Crippen molar-refractivity contribution < 1.29 is 0 Å². The zero-order valence-electron chi connectivity index (χ0n) is 12.4. The maximum atomic E-state index is 3.80. The number of nitrogens with one attached hydrogen (secondary N) is 1. The molecule has 3 saturated carbocycles. The molecule has 0 amide bonds. The molecular weight excluding hydrogens is 218 g/mol. The average Bonchev–Trinajstić information content (AvgIpc) is 2.95. The first-order valence-corrected chi connectivity index (χ1v) is 8.42. The predicted molar refractivity (Wildman–Crippen MR) is 77.6 cm³/mol. The zero-order valence-corrected chi connectivity index (χ0v) is 12.4. The van der Waals surface area contributed by atoms with Gasteiger partial charge in [-0.25, -0.2) is 0 Å². The monoisotopic (exact) mass is 249 g/mol. The first-order chi connectivity index (χ1) is 8.68. The van der Waals surface area contributed by atoms with E-state index in [0.29, 0.717) is 5.41 Å². The largest absolute Gasteiger partial charge is 0.313 e. The molecule has 3 aliphatic carbocycles. The molecule has 18 heavy (non-hydrogen) atoms. The van der Waals surface area contributed by atoms with Crippen molar-refractivity contribution in [1.82, 2.24) is 5.32 Å². The van der Waals surface area contributed by atoms with Crippen LogP contribution in [0.2, 0.25) is 0 Å². The molecule has 4 atom stereocenters. The van der Waals surface area contributed by atoms with Crippen molar-refractivity contribution in [3.8, 4) is 0 Å². The molecule has 0 aromatic carbocycles. The molecule has 0 heterocycles. The molecule has 0 saturated heterocycles. The summed E-state index contributed by atoms with van der Waals surface area (Å²) in [6.45, 7) is 6.19. The summed E-state index contributed by atoms with van der Waals surface area (Å²) in [5.41, 5.74) is 0.576. The van der Waals surface area contributed by atoms with E-state index in [1.54, 1.807) is 25.7 Å². The quantitative estimate of drug-likeness (QED) is 0.706. The van der Waals surface area contributed by atoms with Crippen LogP contribution in [0.3, 0.4) is 0 Å². The van der Waals surface area contributed by atoms with Gasteiger partial charge in [0.25, 0.3) is 0 Å². The Morgan fingerprint density at radius 3 is 2.50 bits per heavy atom. The van der Waals surface area contributed by atoms with Crippen molar-refractivity contribution in [2.24, 2.45) is 23.2 Å². The highest BCUT2D eigenvalue weighted by molar-refractivity contribution is 4.94. The molecule has 3 rings (SSSR count). The van der Waals surface area contributed by atoms with Crippen molar-refractivity contribution in [2.75, 3.05) is 6.54 Å². The van der Waals surface area contributed by atoms with Crippen LogP contribution in [0, 0.1) is 23.2 Å². The lowest BCUT2D eigenvalue weighted by molar-refractivity contribution is 0.171. The number of rotatable bonds is 7. The van der Waals surface area contributed by atoms with Crippen LogP contribution < -0.4 is 5.32 Å². The van der Waals surface area contributed by atoms with Gasteiger partial charge < -0.3 is 5.32 Å². The minimum Gasteiger partial charge on any atom is -0.313 e. The Morgan fingerprint density at radius 1 is 1.11 bits per heavy atom. The second-order valence-corrected chi connectivity index (χ2v) is 7.85. The molecule has 1 nitrogen and oxygen atoms in total. The normalized spacial score (nSPS) is 38.0. The molecule has 3 aliphatic rings. The maximum absolute atomic E-state index is 3.80. The first kappa shape index (κ1) is 13.0. The predicted octanol–water partition coefficient (Wildman–Crippen LogP) is 4.37. The molecular formula is C17H31N. The standard InChI is InChI=1S/C17H31N/c1-3-8-17(2,12-18-16-6-7-16)11-15-10-13-4-5-14(15)9-13/h13-16,18H,3-12H2,1-2H3. The molecule has 0 aromatic heterocycles. The van der Waals surface area contributed by atoms with Gasteiger partial charge in [0.05, 0.1) is 0 Å². The molecule has 1 N–H and O–H groups in total. The summed E-state index contributed by atoms with van der Waals surface area (Å²) in [5, 5.41) is 3.80. The van der Waals surface area contributed by atoms with Gasteiger partial charge >= 0.3 is 0 Å². The van der Waals surface area contributed by atoms with E-state index in [1.807, 2.05) is 0 Å².